The minimum absolute atomic E-state index is 0.0884. The Hall–Kier alpha value is -2.07. The average molecular weight is 346 g/mol. The van der Waals surface area contributed by atoms with Gasteiger partial charge in [0.15, 0.2) is 5.78 Å². The summed E-state index contributed by atoms with van der Waals surface area (Å²) in [4.78, 5) is 25.2. The number of allylic oxidation sites excluding steroid dienone is 2. The molecule has 0 amide bonds. The van der Waals surface area contributed by atoms with Gasteiger partial charge >= 0.3 is 5.97 Å². The van der Waals surface area contributed by atoms with Gasteiger partial charge in [-0.3, -0.25) is 9.59 Å². The number of Topliss-reactive ketones (excluding diaryl/α,β-unsaturated/α-hetero) is 1. The SMILES string of the molecule is C=C1NC2=C(C(=O)CCC2)C(c2ccc(Cl)cc2)C1C(=O)OCC. The molecule has 1 aliphatic heterocycles. The first-order valence-electron chi connectivity index (χ1n) is 8.17. The van der Waals surface area contributed by atoms with E-state index in [0.29, 0.717) is 22.7 Å². The van der Waals surface area contributed by atoms with Crippen LogP contribution >= 0.6 is 11.6 Å². The minimum atomic E-state index is -0.619. The summed E-state index contributed by atoms with van der Waals surface area (Å²) in [5, 5.41) is 3.80. The fraction of sp³-hybridized carbons (Fsp3) is 0.368. The molecule has 0 saturated heterocycles. The van der Waals surface area contributed by atoms with Gasteiger partial charge in [-0.2, -0.15) is 0 Å². The van der Waals surface area contributed by atoms with E-state index in [4.69, 9.17) is 16.3 Å². The third kappa shape index (κ3) is 2.98. The number of hydrogen-bond donors (Lipinski definition) is 1. The molecule has 4 nitrogen and oxygen atoms in total. The molecule has 5 heteroatoms. The average Bonchev–Trinajstić information content (AvgIpc) is 2.55. The second kappa shape index (κ2) is 6.81. The van der Waals surface area contributed by atoms with Crippen LogP contribution in [-0.4, -0.2) is 18.4 Å². The topological polar surface area (TPSA) is 55.4 Å². The lowest BCUT2D eigenvalue weighted by molar-refractivity contribution is -0.147. The summed E-state index contributed by atoms with van der Waals surface area (Å²) in [6, 6.07) is 7.28. The van der Waals surface area contributed by atoms with Crippen LogP contribution in [0, 0.1) is 5.92 Å². The van der Waals surface area contributed by atoms with Gasteiger partial charge < -0.3 is 10.1 Å². The molecule has 0 bridgehead atoms. The lowest BCUT2D eigenvalue weighted by atomic mass is 9.71. The van der Waals surface area contributed by atoms with Crippen LogP contribution in [0.1, 0.15) is 37.7 Å². The standard InChI is InChI=1S/C19H20ClNO3/c1-3-24-19(23)16-11(2)21-14-5-4-6-15(22)18(14)17(16)12-7-9-13(20)10-8-12/h7-10,16-17,21H,2-6H2,1H3. The van der Waals surface area contributed by atoms with Gasteiger partial charge in [0.2, 0.25) is 0 Å². The van der Waals surface area contributed by atoms with Crippen molar-refractivity contribution in [1.82, 2.24) is 5.32 Å². The molecule has 2 aliphatic rings. The van der Waals surface area contributed by atoms with Crippen LogP contribution in [0.25, 0.3) is 0 Å². The fourth-order valence-corrected chi connectivity index (χ4v) is 3.66. The van der Waals surface area contributed by atoms with E-state index in [2.05, 4.69) is 11.9 Å². The summed E-state index contributed by atoms with van der Waals surface area (Å²) in [5.74, 6) is -1.27. The second-order valence-electron chi connectivity index (χ2n) is 6.08. The predicted octanol–water partition coefficient (Wildman–Crippen LogP) is 3.73. The zero-order valence-electron chi connectivity index (χ0n) is 13.6. The zero-order chi connectivity index (χ0) is 17.3. The Kier molecular flexibility index (Phi) is 4.76. The highest BCUT2D eigenvalue weighted by molar-refractivity contribution is 6.30. The van der Waals surface area contributed by atoms with Gasteiger partial charge in [-0.05, 0) is 37.5 Å². The lowest BCUT2D eigenvalue weighted by Crippen LogP contribution is -2.41. The van der Waals surface area contributed by atoms with Crippen LogP contribution in [0.4, 0.5) is 0 Å². The van der Waals surface area contributed by atoms with E-state index in [9.17, 15) is 9.59 Å². The number of halogens is 1. The van der Waals surface area contributed by atoms with Crippen molar-refractivity contribution in [2.24, 2.45) is 5.92 Å². The first kappa shape index (κ1) is 16.8. The maximum absolute atomic E-state index is 12.6. The number of carbonyl (C=O) groups excluding carboxylic acids is 2. The van der Waals surface area contributed by atoms with E-state index in [0.717, 1.165) is 24.1 Å². The number of rotatable bonds is 3. The van der Waals surface area contributed by atoms with Crippen molar-refractivity contribution in [3.63, 3.8) is 0 Å². The van der Waals surface area contributed by atoms with Gasteiger partial charge in [-0.25, -0.2) is 0 Å². The Morgan fingerprint density at radius 2 is 2.04 bits per heavy atom. The van der Waals surface area contributed by atoms with Crippen LogP contribution < -0.4 is 5.32 Å². The summed E-state index contributed by atoms with van der Waals surface area (Å²) in [5.41, 5.74) is 3.04. The van der Waals surface area contributed by atoms with Crippen molar-refractivity contribution in [1.29, 1.82) is 0 Å². The summed E-state index contributed by atoms with van der Waals surface area (Å²) in [7, 11) is 0. The molecule has 1 aromatic carbocycles. The van der Waals surface area contributed by atoms with E-state index in [1.54, 1.807) is 19.1 Å². The molecule has 0 fully saturated rings. The largest absolute Gasteiger partial charge is 0.465 e. The third-order valence-corrected chi connectivity index (χ3v) is 4.81. The molecule has 24 heavy (non-hydrogen) atoms. The van der Waals surface area contributed by atoms with E-state index in [-0.39, 0.29) is 24.3 Å². The zero-order valence-corrected chi connectivity index (χ0v) is 14.4. The number of ketones is 1. The van der Waals surface area contributed by atoms with Gasteiger partial charge in [0.05, 0.1) is 6.61 Å². The Bertz CT molecular complexity index is 721. The maximum Gasteiger partial charge on any atom is 0.315 e. The predicted molar refractivity (Wildman–Crippen MR) is 92.5 cm³/mol. The summed E-state index contributed by atoms with van der Waals surface area (Å²) in [6.45, 7) is 6.08. The second-order valence-corrected chi connectivity index (χ2v) is 6.51. The van der Waals surface area contributed by atoms with Crippen molar-refractivity contribution in [2.45, 2.75) is 32.1 Å². The number of ether oxygens (including phenoxy) is 1. The highest BCUT2D eigenvalue weighted by Gasteiger charge is 2.43. The summed E-state index contributed by atoms with van der Waals surface area (Å²) >= 11 is 5.99. The van der Waals surface area contributed by atoms with E-state index < -0.39 is 5.92 Å². The van der Waals surface area contributed by atoms with Gasteiger partial charge in [0.1, 0.15) is 5.92 Å². The monoisotopic (exact) mass is 345 g/mol. The molecule has 2 unspecified atom stereocenters. The number of esters is 1. The smallest absolute Gasteiger partial charge is 0.315 e. The maximum atomic E-state index is 12.6. The third-order valence-electron chi connectivity index (χ3n) is 4.56. The number of hydrogen-bond acceptors (Lipinski definition) is 4. The van der Waals surface area contributed by atoms with Crippen molar-refractivity contribution in [3.05, 3.63) is 58.4 Å². The lowest BCUT2D eigenvalue weighted by Gasteiger charge is -2.38. The molecule has 1 N–H and O–H groups in total. The molecule has 1 aromatic rings. The van der Waals surface area contributed by atoms with Gasteiger partial charge in [0, 0.05) is 34.3 Å². The van der Waals surface area contributed by atoms with Crippen molar-refractivity contribution < 1.29 is 14.3 Å². The Morgan fingerprint density at radius 3 is 2.71 bits per heavy atom. The molecule has 3 rings (SSSR count). The quantitative estimate of drug-likeness (QED) is 0.848. The molecule has 0 spiro atoms. The normalized spacial score (nSPS) is 23.6. The molecule has 0 saturated carbocycles. The van der Waals surface area contributed by atoms with Crippen LogP contribution in [0.15, 0.2) is 47.8 Å². The number of nitrogens with one attached hydrogen (secondary N) is 1. The first-order valence-corrected chi connectivity index (χ1v) is 8.55. The number of carbonyl (C=O) groups is 2. The summed E-state index contributed by atoms with van der Waals surface area (Å²) in [6.07, 6.45) is 2.11. The molecule has 0 radical (unpaired) electrons. The Labute approximate surface area is 146 Å². The van der Waals surface area contributed by atoms with Crippen LogP contribution in [-0.2, 0) is 14.3 Å². The van der Waals surface area contributed by atoms with Crippen LogP contribution in [0.5, 0.6) is 0 Å². The minimum Gasteiger partial charge on any atom is -0.465 e. The van der Waals surface area contributed by atoms with Crippen molar-refractivity contribution >= 4 is 23.4 Å². The number of benzene rings is 1. The van der Waals surface area contributed by atoms with Crippen LogP contribution in [0.2, 0.25) is 5.02 Å². The van der Waals surface area contributed by atoms with Gasteiger partial charge in [0.25, 0.3) is 0 Å². The van der Waals surface area contributed by atoms with E-state index >= 15 is 0 Å². The molecule has 2 atom stereocenters. The molecular formula is C19H20ClNO3. The molecule has 0 aromatic heterocycles. The molecular weight excluding hydrogens is 326 g/mol. The highest BCUT2D eigenvalue weighted by atomic mass is 35.5. The Morgan fingerprint density at radius 1 is 1.33 bits per heavy atom. The molecule has 1 heterocycles. The fourth-order valence-electron chi connectivity index (χ4n) is 3.53. The first-order chi connectivity index (χ1) is 11.5. The van der Waals surface area contributed by atoms with Crippen LogP contribution in [0.3, 0.4) is 0 Å². The highest BCUT2D eigenvalue weighted by Crippen LogP contribution is 2.44. The van der Waals surface area contributed by atoms with E-state index in [1.165, 1.54) is 0 Å². The molecule has 126 valence electrons. The molecule has 1 aliphatic carbocycles. The summed E-state index contributed by atoms with van der Waals surface area (Å²) < 4.78 is 5.24. The van der Waals surface area contributed by atoms with Gasteiger partial charge in [-0.1, -0.05) is 30.3 Å². The van der Waals surface area contributed by atoms with Crippen molar-refractivity contribution in [3.8, 4) is 0 Å². The van der Waals surface area contributed by atoms with Gasteiger partial charge in [-0.15, -0.1) is 0 Å². The van der Waals surface area contributed by atoms with E-state index in [1.807, 2.05) is 12.1 Å². The Balaban J connectivity index is 2.13. The van der Waals surface area contributed by atoms with Crippen molar-refractivity contribution in [2.75, 3.05) is 6.61 Å².